The molecule has 104 valence electrons. The Morgan fingerprint density at radius 3 is 2.80 bits per heavy atom. The van der Waals surface area contributed by atoms with Crippen molar-refractivity contribution in [3.05, 3.63) is 40.5 Å². The number of aliphatic carboxylic acids is 1. The third-order valence-corrected chi connectivity index (χ3v) is 3.57. The van der Waals surface area contributed by atoms with Crippen molar-refractivity contribution in [2.45, 2.75) is 19.4 Å². The summed E-state index contributed by atoms with van der Waals surface area (Å²) in [5.41, 5.74) is 1.38. The fourth-order valence-corrected chi connectivity index (χ4v) is 2.55. The number of nitrogens with zero attached hydrogens (tertiary/aromatic N) is 1. The summed E-state index contributed by atoms with van der Waals surface area (Å²) in [6.45, 7) is 1.36. The van der Waals surface area contributed by atoms with Crippen LogP contribution in [-0.2, 0) is 9.59 Å². The van der Waals surface area contributed by atoms with E-state index in [2.05, 4.69) is 26.2 Å². The summed E-state index contributed by atoms with van der Waals surface area (Å²) in [6, 6.07) is 6.71. The van der Waals surface area contributed by atoms with Crippen molar-refractivity contribution < 1.29 is 14.7 Å². The lowest BCUT2D eigenvalue weighted by atomic mass is 10.00. The van der Waals surface area contributed by atoms with Crippen molar-refractivity contribution >= 4 is 38.7 Å². The number of nitrogens with one attached hydrogen (secondary N) is 1. The second kappa shape index (κ2) is 6.00. The van der Waals surface area contributed by atoms with E-state index in [0.29, 0.717) is 11.1 Å². The minimum Gasteiger partial charge on any atom is -0.481 e. The minimum atomic E-state index is -0.976. The zero-order valence-electron chi connectivity index (χ0n) is 10.8. The number of carbonyl (C=O) groups is 2. The van der Waals surface area contributed by atoms with Crippen LogP contribution in [-0.4, -0.2) is 22.0 Å². The molecule has 1 heterocycles. The van der Waals surface area contributed by atoms with Gasteiger partial charge in [-0.15, -0.1) is 0 Å². The van der Waals surface area contributed by atoms with Gasteiger partial charge in [-0.1, -0.05) is 28.1 Å². The van der Waals surface area contributed by atoms with E-state index in [1.807, 2.05) is 18.2 Å². The first-order chi connectivity index (χ1) is 9.49. The number of carbonyl (C=O) groups excluding carboxylic acids is 1. The molecule has 2 rings (SSSR count). The van der Waals surface area contributed by atoms with Crippen molar-refractivity contribution in [1.82, 2.24) is 10.3 Å². The Hall–Kier alpha value is -1.95. The molecule has 6 heteroatoms. The molecular weight excluding hydrogens is 324 g/mol. The van der Waals surface area contributed by atoms with Crippen LogP contribution in [0.4, 0.5) is 0 Å². The Bertz CT molecular complexity index is 657. The first-order valence-corrected chi connectivity index (χ1v) is 6.80. The van der Waals surface area contributed by atoms with Crippen LogP contribution in [0.5, 0.6) is 0 Å². The molecule has 1 amide bonds. The van der Waals surface area contributed by atoms with Crippen LogP contribution in [0.2, 0.25) is 0 Å². The lowest BCUT2D eigenvalue weighted by Gasteiger charge is -2.18. The van der Waals surface area contributed by atoms with Crippen molar-refractivity contribution in [2.24, 2.45) is 0 Å². The lowest BCUT2D eigenvalue weighted by Crippen LogP contribution is -2.28. The molecule has 0 unspecified atom stereocenters. The number of hydrogen-bond acceptors (Lipinski definition) is 3. The molecule has 1 aromatic carbocycles. The van der Waals surface area contributed by atoms with Gasteiger partial charge in [-0.25, -0.2) is 0 Å². The molecule has 2 N–H and O–H groups in total. The summed E-state index contributed by atoms with van der Waals surface area (Å²) in [7, 11) is 0. The van der Waals surface area contributed by atoms with E-state index in [4.69, 9.17) is 5.11 Å². The third-order valence-electron chi connectivity index (χ3n) is 2.88. The predicted molar refractivity (Wildman–Crippen MR) is 78.3 cm³/mol. The summed E-state index contributed by atoms with van der Waals surface area (Å²) < 4.78 is 0.876. The number of halogens is 1. The van der Waals surface area contributed by atoms with Gasteiger partial charge < -0.3 is 10.4 Å². The normalized spacial score (nSPS) is 12.1. The molecule has 0 aliphatic heterocycles. The van der Waals surface area contributed by atoms with E-state index in [9.17, 15) is 9.59 Å². The van der Waals surface area contributed by atoms with Crippen molar-refractivity contribution in [2.75, 3.05) is 0 Å². The maximum absolute atomic E-state index is 11.3. The molecule has 0 fully saturated rings. The second-order valence-corrected chi connectivity index (χ2v) is 5.24. The highest BCUT2D eigenvalue weighted by molar-refractivity contribution is 9.10. The quantitative estimate of drug-likeness (QED) is 0.899. The summed E-state index contributed by atoms with van der Waals surface area (Å²) in [4.78, 5) is 26.6. The zero-order valence-corrected chi connectivity index (χ0v) is 12.3. The van der Waals surface area contributed by atoms with Gasteiger partial charge in [0.15, 0.2) is 0 Å². The number of carboxylic acids is 1. The highest BCUT2D eigenvalue weighted by Crippen LogP contribution is 2.30. The molecule has 20 heavy (non-hydrogen) atoms. The number of rotatable bonds is 4. The molecule has 0 saturated carbocycles. The monoisotopic (exact) mass is 336 g/mol. The van der Waals surface area contributed by atoms with Gasteiger partial charge in [0, 0.05) is 28.5 Å². The largest absolute Gasteiger partial charge is 0.481 e. The number of carboxylic acid groups (broad SMARTS) is 1. The number of benzene rings is 1. The number of hydrogen-bond donors (Lipinski definition) is 2. The van der Waals surface area contributed by atoms with Crippen LogP contribution in [0.25, 0.3) is 10.9 Å². The lowest BCUT2D eigenvalue weighted by molar-refractivity contribution is -0.137. The first kappa shape index (κ1) is 14.5. The SMILES string of the molecule is CC(=O)N[C@@H](CC(=O)O)c1ccc(Br)c2cccnc12. The summed E-state index contributed by atoms with van der Waals surface area (Å²) in [5, 5.41) is 12.5. The topological polar surface area (TPSA) is 79.3 Å². The van der Waals surface area contributed by atoms with Gasteiger partial charge in [-0.3, -0.25) is 14.6 Å². The Kier molecular flexibility index (Phi) is 4.34. The van der Waals surface area contributed by atoms with Crippen LogP contribution in [0.15, 0.2) is 34.9 Å². The van der Waals surface area contributed by atoms with Crippen LogP contribution in [0.3, 0.4) is 0 Å². The molecule has 0 radical (unpaired) electrons. The third kappa shape index (κ3) is 3.14. The van der Waals surface area contributed by atoms with E-state index < -0.39 is 12.0 Å². The van der Waals surface area contributed by atoms with Crippen LogP contribution < -0.4 is 5.32 Å². The Morgan fingerprint density at radius 1 is 1.40 bits per heavy atom. The summed E-state index contributed by atoms with van der Waals surface area (Å²) in [6.07, 6.45) is 1.46. The van der Waals surface area contributed by atoms with Crippen molar-refractivity contribution in [1.29, 1.82) is 0 Å². The minimum absolute atomic E-state index is 0.188. The van der Waals surface area contributed by atoms with Crippen LogP contribution in [0.1, 0.15) is 24.9 Å². The van der Waals surface area contributed by atoms with E-state index in [-0.39, 0.29) is 12.3 Å². The van der Waals surface area contributed by atoms with Crippen molar-refractivity contribution in [3.63, 3.8) is 0 Å². The second-order valence-electron chi connectivity index (χ2n) is 4.39. The van der Waals surface area contributed by atoms with Gasteiger partial charge in [0.05, 0.1) is 18.0 Å². The van der Waals surface area contributed by atoms with E-state index in [1.54, 1.807) is 12.3 Å². The average molecular weight is 337 g/mol. The molecule has 0 saturated heterocycles. The highest BCUT2D eigenvalue weighted by Gasteiger charge is 2.20. The zero-order chi connectivity index (χ0) is 14.7. The molecular formula is C14H13BrN2O3. The number of amides is 1. The Morgan fingerprint density at radius 2 is 2.15 bits per heavy atom. The highest BCUT2D eigenvalue weighted by atomic mass is 79.9. The number of fused-ring (bicyclic) bond motifs is 1. The van der Waals surface area contributed by atoms with Crippen molar-refractivity contribution in [3.8, 4) is 0 Å². The number of aromatic nitrogens is 1. The number of pyridine rings is 1. The van der Waals surface area contributed by atoms with Gasteiger partial charge in [0.25, 0.3) is 0 Å². The maximum atomic E-state index is 11.3. The molecule has 0 aliphatic carbocycles. The van der Waals surface area contributed by atoms with Gasteiger partial charge in [-0.2, -0.15) is 0 Å². The Labute approximate surface area is 124 Å². The smallest absolute Gasteiger partial charge is 0.305 e. The van der Waals surface area contributed by atoms with Crippen LogP contribution >= 0.6 is 15.9 Å². The fraction of sp³-hybridized carbons (Fsp3) is 0.214. The van der Waals surface area contributed by atoms with Crippen LogP contribution in [0, 0.1) is 0 Å². The van der Waals surface area contributed by atoms with Gasteiger partial charge in [0.1, 0.15) is 0 Å². The maximum Gasteiger partial charge on any atom is 0.305 e. The summed E-state index contributed by atoms with van der Waals surface area (Å²) >= 11 is 3.44. The van der Waals surface area contributed by atoms with Gasteiger partial charge in [-0.05, 0) is 12.1 Å². The predicted octanol–water partition coefficient (Wildman–Crippen LogP) is 2.65. The van der Waals surface area contributed by atoms with Gasteiger partial charge >= 0.3 is 5.97 Å². The molecule has 2 aromatic rings. The first-order valence-electron chi connectivity index (χ1n) is 6.01. The van der Waals surface area contributed by atoms with Gasteiger partial charge in [0.2, 0.25) is 5.91 Å². The molecule has 1 atom stereocenters. The fourth-order valence-electron chi connectivity index (χ4n) is 2.10. The summed E-state index contributed by atoms with van der Waals surface area (Å²) in [5.74, 6) is -1.25. The average Bonchev–Trinajstić information content (AvgIpc) is 2.37. The molecule has 0 aliphatic rings. The molecule has 1 aromatic heterocycles. The molecule has 0 spiro atoms. The molecule has 0 bridgehead atoms. The molecule has 5 nitrogen and oxygen atoms in total. The van der Waals surface area contributed by atoms with E-state index in [1.165, 1.54) is 6.92 Å². The van der Waals surface area contributed by atoms with E-state index in [0.717, 1.165) is 9.86 Å². The Balaban J connectivity index is 2.55. The standard InChI is InChI=1S/C14H13BrN2O3/c1-8(18)17-12(7-13(19)20)10-4-5-11(15)9-3-2-6-16-14(9)10/h2-6,12H,7H2,1H3,(H,17,18)(H,19,20)/t12-/m0/s1. The van der Waals surface area contributed by atoms with E-state index >= 15 is 0 Å².